The second kappa shape index (κ2) is 8.54. The summed E-state index contributed by atoms with van der Waals surface area (Å²) in [7, 11) is 0. The van der Waals surface area contributed by atoms with Crippen molar-refractivity contribution >= 4 is 11.8 Å². The van der Waals surface area contributed by atoms with Crippen molar-refractivity contribution in [1.82, 2.24) is 9.80 Å². The van der Waals surface area contributed by atoms with Gasteiger partial charge in [-0.3, -0.25) is 9.59 Å². The van der Waals surface area contributed by atoms with Crippen LogP contribution < -0.4 is 4.74 Å². The third kappa shape index (κ3) is 6.25. The minimum atomic E-state index is -0.0521. The van der Waals surface area contributed by atoms with Crippen LogP contribution >= 0.6 is 0 Å². The standard InChI is InChI=1S/C23H36N2O3/c1-17-8-9-19(18(14-17)23(5,6)7)28-16-21(27)25-12-10-24(11-13-25)20(26)15-22(2,3)4/h8-9,14H,10-13,15-16H2,1-7H3. The highest BCUT2D eigenvalue weighted by Gasteiger charge is 2.27. The molecule has 5 nitrogen and oxygen atoms in total. The summed E-state index contributed by atoms with van der Waals surface area (Å²) in [6.07, 6.45) is 0.535. The Hall–Kier alpha value is -2.04. The third-order valence-corrected chi connectivity index (χ3v) is 4.96. The predicted octanol–water partition coefficient (Wildman–Crippen LogP) is 3.78. The van der Waals surface area contributed by atoms with Crippen LogP contribution in [0.3, 0.4) is 0 Å². The van der Waals surface area contributed by atoms with E-state index in [0.29, 0.717) is 32.6 Å². The Bertz CT molecular complexity index is 706. The molecule has 1 aromatic rings. The van der Waals surface area contributed by atoms with Gasteiger partial charge in [0, 0.05) is 32.6 Å². The SMILES string of the molecule is Cc1ccc(OCC(=O)N2CCN(C(=O)CC(C)(C)C)CC2)c(C(C)(C)C)c1. The first-order valence-electron chi connectivity index (χ1n) is 10.2. The van der Waals surface area contributed by atoms with Crippen molar-refractivity contribution in [3.63, 3.8) is 0 Å². The van der Waals surface area contributed by atoms with Crippen molar-refractivity contribution in [2.75, 3.05) is 32.8 Å². The molecule has 5 heteroatoms. The van der Waals surface area contributed by atoms with Gasteiger partial charge in [-0.2, -0.15) is 0 Å². The number of carbonyl (C=O) groups excluding carboxylic acids is 2. The molecule has 1 aromatic carbocycles. The zero-order valence-electron chi connectivity index (χ0n) is 18.6. The topological polar surface area (TPSA) is 49.9 Å². The maximum Gasteiger partial charge on any atom is 0.260 e. The van der Waals surface area contributed by atoms with E-state index in [2.05, 4.69) is 54.5 Å². The van der Waals surface area contributed by atoms with E-state index in [1.807, 2.05) is 17.0 Å². The van der Waals surface area contributed by atoms with E-state index in [1.165, 1.54) is 5.56 Å². The molecule has 1 aliphatic heterocycles. The Kier molecular flexibility index (Phi) is 6.79. The van der Waals surface area contributed by atoms with Crippen molar-refractivity contribution in [3.8, 4) is 5.75 Å². The molecule has 28 heavy (non-hydrogen) atoms. The number of nitrogens with zero attached hydrogens (tertiary/aromatic N) is 2. The largest absolute Gasteiger partial charge is 0.483 e. The molecule has 0 aliphatic carbocycles. The molecule has 0 saturated carbocycles. The van der Waals surface area contributed by atoms with Crippen LogP contribution in [-0.2, 0) is 15.0 Å². The van der Waals surface area contributed by atoms with Gasteiger partial charge < -0.3 is 14.5 Å². The van der Waals surface area contributed by atoms with Gasteiger partial charge >= 0.3 is 0 Å². The van der Waals surface area contributed by atoms with Gasteiger partial charge in [0.05, 0.1) is 0 Å². The highest BCUT2D eigenvalue weighted by atomic mass is 16.5. The first-order valence-corrected chi connectivity index (χ1v) is 10.2. The summed E-state index contributed by atoms with van der Waals surface area (Å²) in [5, 5.41) is 0. The molecule has 1 heterocycles. The van der Waals surface area contributed by atoms with Crippen LogP contribution in [0.1, 0.15) is 59.1 Å². The molecule has 0 bridgehead atoms. The molecule has 1 fully saturated rings. The zero-order chi connectivity index (χ0) is 21.1. The maximum atomic E-state index is 12.6. The Morgan fingerprint density at radius 3 is 1.96 bits per heavy atom. The van der Waals surface area contributed by atoms with E-state index in [0.717, 1.165) is 11.3 Å². The molecule has 2 amide bonds. The summed E-state index contributed by atoms with van der Waals surface area (Å²) >= 11 is 0. The second-order valence-electron chi connectivity index (χ2n) is 10.0. The second-order valence-corrected chi connectivity index (χ2v) is 10.0. The third-order valence-electron chi connectivity index (χ3n) is 4.96. The first kappa shape index (κ1) is 22.3. The van der Waals surface area contributed by atoms with Crippen LogP contribution in [0.25, 0.3) is 0 Å². The predicted molar refractivity (Wildman–Crippen MR) is 113 cm³/mol. The number of hydrogen-bond donors (Lipinski definition) is 0. The normalized spacial score (nSPS) is 15.5. The highest BCUT2D eigenvalue weighted by Crippen LogP contribution is 2.32. The van der Waals surface area contributed by atoms with Gasteiger partial charge in [0.1, 0.15) is 5.75 Å². The molecular weight excluding hydrogens is 352 g/mol. The lowest BCUT2D eigenvalue weighted by Crippen LogP contribution is -2.52. The minimum absolute atomic E-state index is 0.0172. The quantitative estimate of drug-likeness (QED) is 0.789. The Morgan fingerprint density at radius 2 is 1.46 bits per heavy atom. The lowest BCUT2D eigenvalue weighted by Gasteiger charge is -2.36. The number of piperazine rings is 1. The van der Waals surface area contributed by atoms with Gasteiger partial charge in [-0.15, -0.1) is 0 Å². The van der Waals surface area contributed by atoms with Gasteiger partial charge in [-0.05, 0) is 29.4 Å². The fourth-order valence-electron chi connectivity index (χ4n) is 3.36. The first-order chi connectivity index (χ1) is 12.9. The van der Waals surface area contributed by atoms with Crippen LogP contribution in [0.5, 0.6) is 5.75 Å². The highest BCUT2D eigenvalue weighted by molar-refractivity contribution is 5.79. The zero-order valence-corrected chi connectivity index (χ0v) is 18.6. The molecule has 0 aromatic heterocycles. The number of carbonyl (C=O) groups is 2. The average Bonchev–Trinajstić information content (AvgIpc) is 2.58. The summed E-state index contributed by atoms with van der Waals surface area (Å²) < 4.78 is 5.90. The van der Waals surface area contributed by atoms with Gasteiger partial charge in [0.25, 0.3) is 5.91 Å². The van der Waals surface area contributed by atoms with Crippen LogP contribution in [0.4, 0.5) is 0 Å². The molecule has 0 radical (unpaired) electrons. The van der Waals surface area contributed by atoms with Gasteiger partial charge in [-0.25, -0.2) is 0 Å². The molecule has 0 atom stereocenters. The van der Waals surface area contributed by atoms with E-state index in [-0.39, 0.29) is 29.3 Å². The smallest absolute Gasteiger partial charge is 0.260 e. The van der Waals surface area contributed by atoms with E-state index in [4.69, 9.17) is 4.74 Å². The number of ether oxygens (including phenoxy) is 1. The van der Waals surface area contributed by atoms with Crippen LogP contribution in [-0.4, -0.2) is 54.4 Å². The van der Waals surface area contributed by atoms with E-state index < -0.39 is 0 Å². The maximum absolute atomic E-state index is 12.6. The lowest BCUT2D eigenvalue weighted by molar-refractivity contribution is -0.141. The summed E-state index contributed by atoms with van der Waals surface area (Å²) in [5.74, 6) is 0.916. The van der Waals surface area contributed by atoms with Crippen molar-refractivity contribution in [2.24, 2.45) is 5.41 Å². The molecule has 1 aliphatic rings. The van der Waals surface area contributed by atoms with Crippen LogP contribution in [0.2, 0.25) is 0 Å². The molecule has 0 N–H and O–H groups in total. The van der Waals surface area contributed by atoms with Gasteiger partial charge in [0.2, 0.25) is 5.91 Å². The fraction of sp³-hybridized carbons (Fsp3) is 0.652. The Morgan fingerprint density at radius 1 is 0.929 bits per heavy atom. The molecule has 1 saturated heterocycles. The monoisotopic (exact) mass is 388 g/mol. The summed E-state index contributed by atoms with van der Waals surface area (Å²) in [5.41, 5.74) is 2.22. The van der Waals surface area contributed by atoms with Crippen molar-refractivity contribution in [3.05, 3.63) is 29.3 Å². The molecule has 156 valence electrons. The number of hydrogen-bond acceptors (Lipinski definition) is 3. The number of benzene rings is 1. The van der Waals surface area contributed by atoms with Gasteiger partial charge in [-0.1, -0.05) is 59.2 Å². The lowest BCUT2D eigenvalue weighted by atomic mass is 9.85. The van der Waals surface area contributed by atoms with Crippen LogP contribution in [0.15, 0.2) is 18.2 Å². The molecule has 0 unspecified atom stereocenters. The fourth-order valence-corrected chi connectivity index (χ4v) is 3.36. The van der Waals surface area contributed by atoms with E-state index in [9.17, 15) is 9.59 Å². The average molecular weight is 389 g/mol. The van der Waals surface area contributed by atoms with Crippen molar-refractivity contribution < 1.29 is 14.3 Å². The molecule has 0 spiro atoms. The van der Waals surface area contributed by atoms with E-state index >= 15 is 0 Å². The van der Waals surface area contributed by atoms with Crippen molar-refractivity contribution in [2.45, 2.75) is 60.3 Å². The number of amides is 2. The van der Waals surface area contributed by atoms with Crippen LogP contribution in [0, 0.1) is 12.3 Å². The number of rotatable bonds is 4. The van der Waals surface area contributed by atoms with Gasteiger partial charge in [0.15, 0.2) is 6.61 Å². The Balaban J connectivity index is 1.90. The summed E-state index contributed by atoms with van der Waals surface area (Å²) in [4.78, 5) is 28.6. The van der Waals surface area contributed by atoms with E-state index in [1.54, 1.807) is 4.90 Å². The minimum Gasteiger partial charge on any atom is -0.483 e. The summed E-state index contributed by atoms with van der Waals surface area (Å²) in [6.45, 7) is 17.1. The molecular formula is C23H36N2O3. The number of aryl methyl sites for hydroxylation is 1. The Labute approximate surface area is 170 Å². The molecule has 2 rings (SSSR count). The summed E-state index contributed by atoms with van der Waals surface area (Å²) in [6, 6.07) is 6.08. The van der Waals surface area contributed by atoms with Crippen molar-refractivity contribution in [1.29, 1.82) is 0 Å².